The molecule has 2 rings (SSSR count). The van der Waals surface area contributed by atoms with E-state index >= 15 is 0 Å². The van der Waals surface area contributed by atoms with Crippen LogP contribution in [0, 0.1) is 0 Å². The van der Waals surface area contributed by atoms with E-state index < -0.39 is 10.0 Å². The molecule has 1 fully saturated rings. The molecule has 7 heteroatoms. The third-order valence-corrected chi connectivity index (χ3v) is 4.67. The summed E-state index contributed by atoms with van der Waals surface area (Å²) in [6.45, 7) is 1.41. The zero-order chi connectivity index (χ0) is 13.2. The fraction of sp³-hybridized carbons (Fsp3) is 0.545. The minimum absolute atomic E-state index is 0.0859. The van der Waals surface area contributed by atoms with Crippen LogP contribution in [0.2, 0.25) is 0 Å². The number of hydrogen-bond acceptors (Lipinski definition) is 4. The fourth-order valence-electron chi connectivity index (χ4n) is 2.09. The highest BCUT2D eigenvalue weighted by Gasteiger charge is 2.23. The Kier molecular flexibility index (Phi) is 3.84. The van der Waals surface area contributed by atoms with Crippen LogP contribution in [-0.4, -0.2) is 44.5 Å². The molecule has 0 spiro atoms. The van der Waals surface area contributed by atoms with Gasteiger partial charge in [0.15, 0.2) is 0 Å². The van der Waals surface area contributed by atoms with Gasteiger partial charge in [0.05, 0.1) is 4.90 Å². The maximum Gasteiger partial charge on any atom is 0.247 e. The van der Waals surface area contributed by atoms with Crippen molar-refractivity contribution in [3.05, 3.63) is 28.7 Å². The highest BCUT2D eigenvalue weighted by atomic mass is 32.2. The van der Waals surface area contributed by atoms with E-state index in [4.69, 9.17) is 0 Å². The van der Waals surface area contributed by atoms with E-state index in [0.717, 1.165) is 19.4 Å². The van der Waals surface area contributed by atoms with E-state index in [1.807, 2.05) is 7.05 Å². The third-order valence-electron chi connectivity index (χ3n) is 3.25. The van der Waals surface area contributed by atoms with Crippen LogP contribution in [-0.2, 0) is 10.0 Å². The second kappa shape index (κ2) is 5.21. The minimum Gasteiger partial charge on any atom is -0.328 e. The van der Waals surface area contributed by atoms with Crippen molar-refractivity contribution in [1.82, 2.24) is 14.6 Å². The maximum absolute atomic E-state index is 12.0. The smallest absolute Gasteiger partial charge is 0.247 e. The average molecular weight is 271 g/mol. The summed E-state index contributed by atoms with van der Waals surface area (Å²) in [6, 6.07) is 2.76. The van der Waals surface area contributed by atoms with Gasteiger partial charge in [0, 0.05) is 24.8 Å². The Labute approximate surface area is 106 Å². The number of H-pyrrole nitrogens is 1. The summed E-state index contributed by atoms with van der Waals surface area (Å²) in [5.41, 5.74) is -0.315. The van der Waals surface area contributed by atoms with E-state index in [9.17, 15) is 13.2 Å². The predicted octanol–water partition coefficient (Wildman–Crippen LogP) is -0.253. The van der Waals surface area contributed by atoms with Gasteiger partial charge < -0.3 is 9.88 Å². The van der Waals surface area contributed by atoms with Crippen LogP contribution in [0.5, 0.6) is 0 Å². The Hall–Kier alpha value is -1.18. The first-order valence-corrected chi connectivity index (χ1v) is 7.36. The molecule has 0 amide bonds. The normalized spacial score (nSPS) is 21.3. The first-order chi connectivity index (χ1) is 8.49. The summed E-state index contributed by atoms with van der Waals surface area (Å²) in [5, 5.41) is 0. The standard InChI is InChI=1S/C11H17N3O3S/c1-14-6-2-3-9(14)7-13-18(16,17)10-4-5-11(15)12-8-10/h4-5,8-9,13H,2-3,6-7H2,1H3,(H,12,15). The molecule has 1 aliphatic heterocycles. The molecule has 6 nitrogen and oxygen atoms in total. The number of sulfonamides is 1. The van der Waals surface area contributed by atoms with Gasteiger partial charge >= 0.3 is 0 Å². The first kappa shape index (κ1) is 13.3. The summed E-state index contributed by atoms with van der Waals surface area (Å²) < 4.78 is 26.5. The molecule has 18 heavy (non-hydrogen) atoms. The third kappa shape index (κ3) is 2.98. The molecule has 1 aromatic heterocycles. The topological polar surface area (TPSA) is 82.3 Å². The quantitative estimate of drug-likeness (QED) is 0.791. The highest BCUT2D eigenvalue weighted by Crippen LogP contribution is 2.14. The van der Waals surface area contributed by atoms with Crippen molar-refractivity contribution < 1.29 is 8.42 Å². The van der Waals surface area contributed by atoms with Crippen molar-refractivity contribution in [1.29, 1.82) is 0 Å². The summed E-state index contributed by atoms with van der Waals surface area (Å²) in [7, 11) is -1.54. The molecule has 1 unspecified atom stereocenters. The lowest BCUT2D eigenvalue weighted by atomic mass is 10.2. The van der Waals surface area contributed by atoms with Gasteiger partial charge in [0.25, 0.3) is 0 Å². The summed E-state index contributed by atoms with van der Waals surface area (Å²) in [4.78, 5) is 15.5. The summed E-state index contributed by atoms with van der Waals surface area (Å²) in [5.74, 6) is 0. The van der Waals surface area contributed by atoms with Crippen LogP contribution in [0.15, 0.2) is 28.0 Å². The van der Waals surface area contributed by atoms with E-state index in [1.54, 1.807) is 0 Å². The van der Waals surface area contributed by atoms with Gasteiger partial charge in [-0.3, -0.25) is 4.79 Å². The van der Waals surface area contributed by atoms with Crippen LogP contribution < -0.4 is 10.3 Å². The van der Waals surface area contributed by atoms with Crippen molar-refractivity contribution in [2.24, 2.45) is 0 Å². The predicted molar refractivity (Wildman–Crippen MR) is 67.9 cm³/mol. The largest absolute Gasteiger partial charge is 0.328 e. The number of rotatable bonds is 4. The molecule has 1 atom stereocenters. The van der Waals surface area contributed by atoms with Crippen molar-refractivity contribution >= 4 is 10.0 Å². The molecule has 0 aromatic carbocycles. The van der Waals surface area contributed by atoms with E-state index in [1.165, 1.54) is 18.3 Å². The van der Waals surface area contributed by atoms with E-state index in [0.29, 0.717) is 6.54 Å². The van der Waals surface area contributed by atoms with Crippen molar-refractivity contribution in [2.45, 2.75) is 23.8 Å². The number of hydrogen-bond donors (Lipinski definition) is 2. The van der Waals surface area contributed by atoms with Gasteiger partial charge in [0.2, 0.25) is 15.6 Å². The summed E-state index contributed by atoms with van der Waals surface area (Å²) in [6.07, 6.45) is 3.31. The molecular formula is C11H17N3O3S. The van der Waals surface area contributed by atoms with Crippen molar-refractivity contribution in [3.8, 4) is 0 Å². The van der Waals surface area contributed by atoms with Gasteiger partial charge in [-0.1, -0.05) is 0 Å². The van der Waals surface area contributed by atoms with Gasteiger partial charge in [-0.25, -0.2) is 13.1 Å². The van der Waals surface area contributed by atoms with Gasteiger partial charge in [-0.05, 0) is 32.5 Å². The number of nitrogens with one attached hydrogen (secondary N) is 2. The van der Waals surface area contributed by atoms with Gasteiger partial charge in [0.1, 0.15) is 0 Å². The molecule has 0 bridgehead atoms. The number of likely N-dealkylation sites (N-methyl/N-ethyl adjacent to an activating group) is 1. The number of nitrogens with zero attached hydrogens (tertiary/aromatic N) is 1. The molecule has 2 heterocycles. The van der Waals surface area contributed by atoms with Crippen LogP contribution in [0.4, 0.5) is 0 Å². The molecule has 0 saturated carbocycles. The lowest BCUT2D eigenvalue weighted by molar-refractivity contribution is 0.311. The average Bonchev–Trinajstić information content (AvgIpc) is 2.73. The molecule has 1 saturated heterocycles. The number of aromatic nitrogens is 1. The van der Waals surface area contributed by atoms with Crippen molar-refractivity contribution in [3.63, 3.8) is 0 Å². The lowest BCUT2D eigenvalue weighted by Crippen LogP contribution is -2.38. The van der Waals surface area contributed by atoms with Gasteiger partial charge in [-0.2, -0.15) is 0 Å². The highest BCUT2D eigenvalue weighted by molar-refractivity contribution is 7.89. The minimum atomic E-state index is -3.53. The molecule has 1 aromatic rings. The molecule has 1 aliphatic rings. The maximum atomic E-state index is 12.0. The molecule has 0 radical (unpaired) electrons. The van der Waals surface area contributed by atoms with Crippen LogP contribution in [0.1, 0.15) is 12.8 Å². The number of likely N-dealkylation sites (tertiary alicyclic amines) is 1. The Bertz CT molecular complexity index is 547. The van der Waals surface area contributed by atoms with Crippen LogP contribution in [0.25, 0.3) is 0 Å². The molecule has 0 aliphatic carbocycles. The molecule has 100 valence electrons. The van der Waals surface area contributed by atoms with Gasteiger partial charge in [-0.15, -0.1) is 0 Å². The Morgan fingerprint density at radius 3 is 2.83 bits per heavy atom. The zero-order valence-corrected chi connectivity index (χ0v) is 11.0. The van der Waals surface area contributed by atoms with Crippen LogP contribution in [0.3, 0.4) is 0 Å². The second-order valence-electron chi connectivity index (χ2n) is 4.52. The van der Waals surface area contributed by atoms with Crippen LogP contribution >= 0.6 is 0 Å². The SMILES string of the molecule is CN1CCCC1CNS(=O)(=O)c1ccc(=O)[nH]c1. The zero-order valence-electron chi connectivity index (χ0n) is 10.2. The summed E-state index contributed by atoms with van der Waals surface area (Å²) >= 11 is 0. The lowest BCUT2D eigenvalue weighted by Gasteiger charge is -2.19. The number of aromatic amines is 1. The first-order valence-electron chi connectivity index (χ1n) is 5.88. The van der Waals surface area contributed by atoms with E-state index in [2.05, 4.69) is 14.6 Å². The van der Waals surface area contributed by atoms with Crippen molar-refractivity contribution in [2.75, 3.05) is 20.1 Å². The van der Waals surface area contributed by atoms with E-state index in [-0.39, 0.29) is 16.5 Å². The molecule has 2 N–H and O–H groups in total. The monoisotopic (exact) mass is 271 g/mol. The second-order valence-corrected chi connectivity index (χ2v) is 6.28. The fourth-order valence-corrected chi connectivity index (χ4v) is 3.13. The number of pyridine rings is 1. The Morgan fingerprint density at radius 2 is 2.28 bits per heavy atom. The molecular weight excluding hydrogens is 254 g/mol. The Morgan fingerprint density at radius 1 is 1.50 bits per heavy atom. The Balaban J connectivity index is 2.03.